The highest BCUT2D eigenvalue weighted by Gasteiger charge is 2.08. The molecule has 0 saturated carbocycles. The molecule has 0 bridgehead atoms. The number of pyridine rings is 1. The second-order valence-corrected chi connectivity index (χ2v) is 4.08. The van der Waals surface area contributed by atoms with Gasteiger partial charge in [0, 0.05) is 12.4 Å². The lowest BCUT2D eigenvalue weighted by Crippen LogP contribution is -2.02. The molecule has 1 N–H and O–H groups in total. The van der Waals surface area contributed by atoms with Gasteiger partial charge in [-0.1, -0.05) is 13.8 Å². The van der Waals surface area contributed by atoms with E-state index in [1.54, 1.807) is 10.9 Å². The fraction of sp³-hybridized carbons (Fsp3) is 0.250. The highest BCUT2D eigenvalue weighted by molar-refractivity contribution is 5.87. The Kier molecular flexibility index (Phi) is 2.91. The van der Waals surface area contributed by atoms with Crippen LogP contribution in [-0.2, 0) is 0 Å². The van der Waals surface area contributed by atoms with Crippen molar-refractivity contribution in [1.29, 1.82) is 0 Å². The Morgan fingerprint density at radius 3 is 2.82 bits per heavy atom. The molecule has 0 unspecified atom stereocenters. The molecule has 0 amide bonds. The van der Waals surface area contributed by atoms with E-state index in [2.05, 4.69) is 23.9 Å². The molecule has 2 aromatic heterocycles. The van der Waals surface area contributed by atoms with E-state index in [4.69, 9.17) is 5.11 Å². The number of carboxylic acids is 1. The molecule has 88 valence electrons. The van der Waals surface area contributed by atoms with Crippen LogP contribution in [0.2, 0.25) is 0 Å². The van der Waals surface area contributed by atoms with Gasteiger partial charge in [0.1, 0.15) is 0 Å². The van der Waals surface area contributed by atoms with Gasteiger partial charge in [-0.2, -0.15) is 5.10 Å². The summed E-state index contributed by atoms with van der Waals surface area (Å²) in [4.78, 5) is 14.9. The van der Waals surface area contributed by atoms with E-state index < -0.39 is 5.97 Å². The maximum Gasteiger partial charge on any atom is 0.335 e. The lowest BCUT2D eigenvalue weighted by molar-refractivity contribution is 0.0696. The zero-order valence-corrected chi connectivity index (χ0v) is 9.66. The average molecular weight is 231 g/mol. The third-order valence-electron chi connectivity index (χ3n) is 2.50. The first-order valence-corrected chi connectivity index (χ1v) is 5.32. The van der Waals surface area contributed by atoms with Crippen LogP contribution in [0.5, 0.6) is 0 Å². The number of carbonyl (C=O) groups is 1. The molecule has 0 radical (unpaired) electrons. The number of rotatable bonds is 3. The lowest BCUT2D eigenvalue weighted by atomic mass is 10.1. The quantitative estimate of drug-likeness (QED) is 0.878. The first kappa shape index (κ1) is 11.3. The zero-order valence-electron chi connectivity index (χ0n) is 9.66. The summed E-state index contributed by atoms with van der Waals surface area (Å²) in [6.07, 6.45) is 5.09. The molecule has 5 heteroatoms. The van der Waals surface area contributed by atoms with Crippen LogP contribution in [0.25, 0.3) is 5.82 Å². The standard InChI is InChI=1S/C12H13N3O2/c1-8(2)10-6-14-15(7-10)11-5-9(12(16)17)3-4-13-11/h3-8H,1-2H3,(H,16,17). The van der Waals surface area contributed by atoms with E-state index in [9.17, 15) is 4.79 Å². The van der Waals surface area contributed by atoms with Gasteiger partial charge in [0.2, 0.25) is 0 Å². The third-order valence-corrected chi connectivity index (χ3v) is 2.50. The minimum absolute atomic E-state index is 0.205. The van der Waals surface area contributed by atoms with Crippen molar-refractivity contribution in [2.75, 3.05) is 0 Å². The van der Waals surface area contributed by atoms with Crippen molar-refractivity contribution < 1.29 is 9.90 Å². The van der Waals surface area contributed by atoms with Gasteiger partial charge >= 0.3 is 5.97 Å². The van der Waals surface area contributed by atoms with E-state index in [1.165, 1.54) is 18.3 Å². The van der Waals surface area contributed by atoms with Gasteiger partial charge in [-0.25, -0.2) is 14.5 Å². The Bertz CT molecular complexity index is 546. The number of hydrogen-bond acceptors (Lipinski definition) is 3. The van der Waals surface area contributed by atoms with Crippen molar-refractivity contribution in [3.05, 3.63) is 41.9 Å². The summed E-state index contributed by atoms with van der Waals surface area (Å²) in [5.74, 6) is -0.0758. The minimum atomic E-state index is -0.968. The molecule has 17 heavy (non-hydrogen) atoms. The van der Waals surface area contributed by atoms with Gasteiger partial charge in [-0.05, 0) is 23.6 Å². The maximum atomic E-state index is 10.8. The number of nitrogens with zero attached hydrogens (tertiary/aromatic N) is 3. The molecule has 2 rings (SSSR count). The molecule has 0 aliphatic carbocycles. The van der Waals surface area contributed by atoms with E-state index in [0.29, 0.717) is 11.7 Å². The van der Waals surface area contributed by atoms with Crippen molar-refractivity contribution in [2.45, 2.75) is 19.8 Å². The summed E-state index contributed by atoms with van der Waals surface area (Å²) in [7, 11) is 0. The Labute approximate surface area is 98.7 Å². The number of carboxylic acid groups (broad SMARTS) is 1. The highest BCUT2D eigenvalue weighted by atomic mass is 16.4. The maximum absolute atomic E-state index is 10.8. The molecule has 0 aliphatic rings. The second kappa shape index (κ2) is 4.37. The number of hydrogen-bond donors (Lipinski definition) is 1. The van der Waals surface area contributed by atoms with Crippen molar-refractivity contribution in [3.8, 4) is 5.82 Å². The molecule has 0 fully saturated rings. The summed E-state index contributed by atoms with van der Waals surface area (Å²) in [5, 5.41) is 13.1. The van der Waals surface area contributed by atoms with Gasteiger partial charge in [-0.15, -0.1) is 0 Å². The molecule has 2 heterocycles. The van der Waals surface area contributed by atoms with Crippen LogP contribution in [0.1, 0.15) is 35.7 Å². The molecule has 0 aliphatic heterocycles. The van der Waals surface area contributed by atoms with Crippen molar-refractivity contribution in [2.24, 2.45) is 0 Å². The van der Waals surface area contributed by atoms with Crippen LogP contribution in [-0.4, -0.2) is 25.8 Å². The fourth-order valence-electron chi connectivity index (χ4n) is 1.44. The van der Waals surface area contributed by atoms with E-state index in [1.807, 2.05) is 6.20 Å². The summed E-state index contributed by atoms with van der Waals surface area (Å²) in [6.45, 7) is 4.14. The Hall–Kier alpha value is -2.17. The Balaban J connectivity index is 2.38. The van der Waals surface area contributed by atoms with Gasteiger partial charge in [0.25, 0.3) is 0 Å². The topological polar surface area (TPSA) is 68.0 Å². The second-order valence-electron chi connectivity index (χ2n) is 4.08. The first-order valence-electron chi connectivity index (χ1n) is 5.32. The third kappa shape index (κ3) is 2.33. The predicted octanol–water partition coefficient (Wildman–Crippen LogP) is 2.09. The van der Waals surface area contributed by atoms with Crippen LogP contribution in [0.15, 0.2) is 30.7 Å². The first-order chi connectivity index (χ1) is 8.08. The molecule has 0 atom stereocenters. The zero-order chi connectivity index (χ0) is 12.4. The van der Waals surface area contributed by atoms with Crippen LogP contribution < -0.4 is 0 Å². The minimum Gasteiger partial charge on any atom is -0.478 e. The van der Waals surface area contributed by atoms with E-state index in [-0.39, 0.29) is 5.56 Å². The predicted molar refractivity (Wildman–Crippen MR) is 62.4 cm³/mol. The van der Waals surface area contributed by atoms with Gasteiger partial charge < -0.3 is 5.11 Å². The van der Waals surface area contributed by atoms with E-state index in [0.717, 1.165) is 5.56 Å². The SMILES string of the molecule is CC(C)c1cnn(-c2cc(C(=O)O)ccn2)c1. The molecular weight excluding hydrogens is 218 g/mol. The van der Waals surface area contributed by atoms with E-state index >= 15 is 0 Å². The van der Waals surface area contributed by atoms with Gasteiger partial charge in [0.15, 0.2) is 5.82 Å². The molecule has 5 nitrogen and oxygen atoms in total. The van der Waals surface area contributed by atoms with Crippen LogP contribution in [0, 0.1) is 0 Å². The van der Waals surface area contributed by atoms with Crippen LogP contribution in [0.4, 0.5) is 0 Å². The molecule has 0 spiro atoms. The number of aromatic carboxylic acids is 1. The highest BCUT2D eigenvalue weighted by Crippen LogP contribution is 2.15. The normalized spacial score (nSPS) is 10.8. The van der Waals surface area contributed by atoms with Gasteiger partial charge in [-0.3, -0.25) is 0 Å². The van der Waals surface area contributed by atoms with Crippen molar-refractivity contribution >= 4 is 5.97 Å². The molecular formula is C12H13N3O2. The number of aromatic nitrogens is 3. The average Bonchev–Trinajstić information content (AvgIpc) is 2.78. The van der Waals surface area contributed by atoms with Crippen LogP contribution >= 0.6 is 0 Å². The largest absolute Gasteiger partial charge is 0.478 e. The lowest BCUT2D eigenvalue weighted by Gasteiger charge is -2.01. The van der Waals surface area contributed by atoms with Gasteiger partial charge in [0.05, 0.1) is 11.8 Å². The summed E-state index contributed by atoms with van der Waals surface area (Å²) < 4.78 is 1.59. The van der Waals surface area contributed by atoms with Crippen molar-refractivity contribution in [3.63, 3.8) is 0 Å². The van der Waals surface area contributed by atoms with Crippen molar-refractivity contribution in [1.82, 2.24) is 14.8 Å². The fourth-order valence-corrected chi connectivity index (χ4v) is 1.44. The summed E-state index contributed by atoms with van der Waals surface area (Å²) in [6, 6.07) is 2.96. The Morgan fingerprint density at radius 2 is 2.24 bits per heavy atom. The Morgan fingerprint density at radius 1 is 1.47 bits per heavy atom. The molecule has 0 aromatic carbocycles. The summed E-state index contributed by atoms with van der Waals surface area (Å²) >= 11 is 0. The summed E-state index contributed by atoms with van der Waals surface area (Å²) in [5.41, 5.74) is 1.30. The smallest absolute Gasteiger partial charge is 0.335 e. The molecule has 0 saturated heterocycles. The monoisotopic (exact) mass is 231 g/mol. The van der Waals surface area contributed by atoms with Crippen LogP contribution in [0.3, 0.4) is 0 Å². The molecule has 2 aromatic rings.